The second-order valence-corrected chi connectivity index (χ2v) is 13.6. The van der Waals surface area contributed by atoms with Crippen LogP contribution in [0.5, 0.6) is 0 Å². The first-order valence-electron chi connectivity index (χ1n) is 17.0. The highest BCUT2D eigenvalue weighted by atomic mass is 16.5. The molecule has 0 aromatic heterocycles. The standard InChI is InChI=1S/C42H48O3/c1-8-40(6,9-2)39(43)44-25-24-29-20-22-33-31-16-12-14-18-35(31)42(37(33)26-29)36-19-15-13-17-32(36)34-23-21-30(27-38(34)42)28(5)45-41(7,10-3)11-4/h12-23,26-28H,8-11,24-25H2,1-7H3. The normalized spacial score (nSPS) is 17.0. The van der Waals surface area contributed by atoms with Gasteiger partial charge in [-0.1, -0.05) is 113 Å². The summed E-state index contributed by atoms with van der Waals surface area (Å²) in [5.74, 6) is -0.0951. The van der Waals surface area contributed by atoms with Crippen LogP contribution in [0.15, 0.2) is 84.9 Å². The van der Waals surface area contributed by atoms with Crippen molar-refractivity contribution in [3.05, 3.63) is 118 Å². The third kappa shape index (κ3) is 4.95. The van der Waals surface area contributed by atoms with Crippen molar-refractivity contribution in [1.82, 2.24) is 0 Å². The van der Waals surface area contributed by atoms with Crippen LogP contribution in [-0.2, 0) is 26.1 Å². The molecule has 3 nitrogen and oxygen atoms in total. The van der Waals surface area contributed by atoms with Crippen molar-refractivity contribution in [2.24, 2.45) is 5.41 Å². The Morgan fingerprint density at radius 3 is 1.80 bits per heavy atom. The number of carbonyl (C=O) groups excluding carboxylic acids is 1. The molecule has 2 unspecified atom stereocenters. The van der Waals surface area contributed by atoms with Gasteiger partial charge in [-0.15, -0.1) is 0 Å². The molecule has 2 atom stereocenters. The van der Waals surface area contributed by atoms with Gasteiger partial charge in [0.15, 0.2) is 0 Å². The second kappa shape index (κ2) is 11.9. The van der Waals surface area contributed by atoms with Gasteiger partial charge in [0.25, 0.3) is 0 Å². The summed E-state index contributed by atoms with van der Waals surface area (Å²) in [5, 5.41) is 0. The molecule has 0 amide bonds. The van der Waals surface area contributed by atoms with Gasteiger partial charge in [0.05, 0.1) is 29.1 Å². The Balaban J connectivity index is 1.47. The predicted molar refractivity (Wildman–Crippen MR) is 185 cm³/mol. The summed E-state index contributed by atoms with van der Waals surface area (Å²) in [6, 6.07) is 31.7. The molecule has 0 aliphatic heterocycles. The van der Waals surface area contributed by atoms with Crippen molar-refractivity contribution in [1.29, 1.82) is 0 Å². The summed E-state index contributed by atoms with van der Waals surface area (Å²) >= 11 is 0. The first-order valence-corrected chi connectivity index (χ1v) is 17.0. The predicted octanol–water partition coefficient (Wildman–Crippen LogP) is 10.6. The van der Waals surface area contributed by atoms with Gasteiger partial charge in [0.1, 0.15) is 0 Å². The smallest absolute Gasteiger partial charge is 0.311 e. The molecular formula is C42H48O3. The quantitative estimate of drug-likeness (QED) is 0.139. The lowest BCUT2D eigenvalue weighted by molar-refractivity contribution is -0.155. The van der Waals surface area contributed by atoms with E-state index in [4.69, 9.17) is 9.47 Å². The maximum atomic E-state index is 12.9. The number of ether oxygens (including phenoxy) is 2. The first kappa shape index (κ1) is 31.3. The lowest BCUT2D eigenvalue weighted by Gasteiger charge is -2.33. The van der Waals surface area contributed by atoms with E-state index in [9.17, 15) is 4.79 Å². The highest BCUT2D eigenvalue weighted by Crippen LogP contribution is 2.63. The maximum absolute atomic E-state index is 12.9. The van der Waals surface area contributed by atoms with Crippen molar-refractivity contribution < 1.29 is 14.3 Å². The Morgan fingerprint density at radius 2 is 1.22 bits per heavy atom. The minimum absolute atomic E-state index is 0.0324. The van der Waals surface area contributed by atoms with E-state index in [1.807, 2.05) is 6.92 Å². The third-order valence-electron chi connectivity index (χ3n) is 11.3. The van der Waals surface area contributed by atoms with E-state index < -0.39 is 10.8 Å². The van der Waals surface area contributed by atoms with Crippen LogP contribution >= 0.6 is 0 Å². The fourth-order valence-electron chi connectivity index (χ4n) is 7.50. The molecule has 0 fully saturated rings. The van der Waals surface area contributed by atoms with Crippen LogP contribution in [0.4, 0.5) is 0 Å². The molecule has 1 spiro atoms. The molecule has 6 rings (SSSR count). The summed E-state index contributed by atoms with van der Waals surface area (Å²) in [7, 11) is 0. The number of esters is 1. The zero-order valence-electron chi connectivity index (χ0n) is 28.1. The van der Waals surface area contributed by atoms with Crippen molar-refractivity contribution in [3.63, 3.8) is 0 Å². The van der Waals surface area contributed by atoms with E-state index in [-0.39, 0.29) is 17.7 Å². The van der Waals surface area contributed by atoms with Gasteiger partial charge in [0, 0.05) is 6.42 Å². The van der Waals surface area contributed by atoms with Crippen molar-refractivity contribution in [2.75, 3.05) is 6.61 Å². The van der Waals surface area contributed by atoms with Crippen LogP contribution in [0.25, 0.3) is 22.3 Å². The Bertz CT molecular complexity index is 1710. The number of carbonyl (C=O) groups is 1. The fraction of sp³-hybridized carbons (Fsp3) is 0.405. The third-order valence-corrected chi connectivity index (χ3v) is 11.3. The Hall–Kier alpha value is -3.69. The van der Waals surface area contributed by atoms with Gasteiger partial charge in [-0.2, -0.15) is 0 Å². The van der Waals surface area contributed by atoms with Crippen LogP contribution < -0.4 is 0 Å². The molecule has 45 heavy (non-hydrogen) atoms. The zero-order valence-corrected chi connectivity index (χ0v) is 28.1. The summed E-state index contributed by atoms with van der Waals surface area (Å²) < 4.78 is 12.6. The minimum atomic E-state index is -0.428. The summed E-state index contributed by atoms with van der Waals surface area (Å²) in [4.78, 5) is 12.9. The lowest BCUT2D eigenvalue weighted by Crippen LogP contribution is -2.29. The number of rotatable bonds is 11. The van der Waals surface area contributed by atoms with Gasteiger partial charge >= 0.3 is 5.97 Å². The Labute approximate surface area is 270 Å². The number of hydrogen-bond donors (Lipinski definition) is 0. The molecule has 0 saturated carbocycles. The van der Waals surface area contributed by atoms with Gasteiger partial charge < -0.3 is 9.47 Å². The molecule has 0 bridgehead atoms. The maximum Gasteiger partial charge on any atom is 0.311 e. The van der Waals surface area contributed by atoms with E-state index in [2.05, 4.69) is 126 Å². The molecule has 4 aromatic rings. The Kier molecular flexibility index (Phi) is 8.29. The molecule has 0 radical (unpaired) electrons. The van der Waals surface area contributed by atoms with Gasteiger partial charge in [0.2, 0.25) is 0 Å². The van der Waals surface area contributed by atoms with Crippen LogP contribution in [0.3, 0.4) is 0 Å². The lowest BCUT2D eigenvalue weighted by atomic mass is 9.70. The SMILES string of the molecule is CCC(C)(CC)OC(C)c1ccc2c(c1)C1(c3ccccc3-c3ccc(CCOC(=O)C(C)(CC)CC)cc31)c1ccccc1-2. The highest BCUT2D eigenvalue weighted by Gasteiger charge is 2.51. The van der Waals surface area contributed by atoms with E-state index in [0.717, 1.165) is 25.7 Å². The fourth-order valence-corrected chi connectivity index (χ4v) is 7.50. The zero-order chi connectivity index (χ0) is 32.0. The average molecular weight is 601 g/mol. The number of fused-ring (bicyclic) bond motifs is 10. The molecular weight excluding hydrogens is 552 g/mol. The molecule has 0 heterocycles. The molecule has 2 aliphatic rings. The molecule has 0 N–H and O–H groups in total. The van der Waals surface area contributed by atoms with Crippen molar-refractivity contribution in [3.8, 4) is 22.3 Å². The highest BCUT2D eigenvalue weighted by molar-refractivity contribution is 5.95. The monoisotopic (exact) mass is 600 g/mol. The molecule has 2 aliphatic carbocycles. The van der Waals surface area contributed by atoms with Gasteiger partial charge in [-0.05, 0) is 102 Å². The summed E-state index contributed by atoms with van der Waals surface area (Å²) in [6.07, 6.45) is 4.16. The minimum Gasteiger partial charge on any atom is -0.465 e. The molecule has 0 saturated heterocycles. The van der Waals surface area contributed by atoms with Crippen LogP contribution in [0, 0.1) is 5.41 Å². The van der Waals surface area contributed by atoms with E-state index in [1.165, 1.54) is 55.6 Å². The Morgan fingerprint density at radius 1 is 0.689 bits per heavy atom. The van der Waals surface area contributed by atoms with E-state index in [0.29, 0.717) is 13.0 Å². The van der Waals surface area contributed by atoms with Crippen molar-refractivity contribution >= 4 is 5.97 Å². The van der Waals surface area contributed by atoms with Crippen LogP contribution in [0.1, 0.15) is 114 Å². The van der Waals surface area contributed by atoms with Gasteiger partial charge in [-0.3, -0.25) is 4.79 Å². The first-order chi connectivity index (χ1) is 21.7. The van der Waals surface area contributed by atoms with E-state index >= 15 is 0 Å². The summed E-state index contributed by atoms with van der Waals surface area (Å²) in [5.41, 5.74) is 11.8. The molecule has 234 valence electrons. The van der Waals surface area contributed by atoms with Crippen LogP contribution in [-0.4, -0.2) is 18.2 Å². The average Bonchev–Trinajstić information content (AvgIpc) is 3.54. The topological polar surface area (TPSA) is 35.5 Å². The second-order valence-electron chi connectivity index (χ2n) is 13.6. The largest absolute Gasteiger partial charge is 0.465 e. The van der Waals surface area contributed by atoms with Crippen molar-refractivity contribution in [2.45, 2.75) is 97.7 Å². The number of hydrogen-bond acceptors (Lipinski definition) is 3. The van der Waals surface area contributed by atoms with Crippen LogP contribution in [0.2, 0.25) is 0 Å². The van der Waals surface area contributed by atoms with Gasteiger partial charge in [-0.25, -0.2) is 0 Å². The molecule has 4 aromatic carbocycles. The molecule has 3 heteroatoms. The summed E-state index contributed by atoms with van der Waals surface area (Å²) in [6.45, 7) is 15.3. The number of benzene rings is 4. The van der Waals surface area contributed by atoms with E-state index in [1.54, 1.807) is 0 Å².